The van der Waals surface area contributed by atoms with Crippen molar-refractivity contribution in [3.63, 3.8) is 0 Å². The minimum absolute atomic E-state index is 0.107. The molecule has 1 N–H and O–H groups in total. The van der Waals surface area contributed by atoms with Crippen LogP contribution in [0.3, 0.4) is 0 Å². The number of carboxylic acids is 1. The van der Waals surface area contributed by atoms with Crippen molar-refractivity contribution in [1.82, 2.24) is 10.2 Å². The van der Waals surface area contributed by atoms with Crippen LogP contribution < -0.4 is 4.90 Å². The highest BCUT2D eigenvalue weighted by atomic mass is 32.1. The van der Waals surface area contributed by atoms with Gasteiger partial charge in [0.1, 0.15) is 0 Å². The maximum atomic E-state index is 12.6. The quantitative estimate of drug-likeness (QED) is 0.922. The molecule has 0 unspecified atom stereocenters. The van der Waals surface area contributed by atoms with Crippen molar-refractivity contribution in [2.24, 2.45) is 0 Å². The van der Waals surface area contributed by atoms with E-state index < -0.39 is 22.7 Å². The van der Waals surface area contributed by atoms with Gasteiger partial charge in [0.2, 0.25) is 10.1 Å². The zero-order chi connectivity index (χ0) is 15.7. The van der Waals surface area contributed by atoms with E-state index in [4.69, 9.17) is 5.11 Å². The molecular formula is C12H16F3N3O2S. The standard InChI is InChI=1S/C12H16F3N3O2S/c1-18(10-17-16-9(21-10)12(13,14)15)11(7-8(19)20)5-3-2-4-6-11/h2-7H2,1H3,(H,19,20). The lowest BCUT2D eigenvalue weighted by molar-refractivity contribution is -0.139. The van der Waals surface area contributed by atoms with Crippen LogP contribution in [0, 0.1) is 0 Å². The van der Waals surface area contributed by atoms with Gasteiger partial charge in [-0.2, -0.15) is 13.2 Å². The van der Waals surface area contributed by atoms with E-state index in [2.05, 4.69) is 10.2 Å². The second-order valence-electron chi connectivity index (χ2n) is 5.30. The predicted molar refractivity (Wildman–Crippen MR) is 71.4 cm³/mol. The first-order valence-electron chi connectivity index (χ1n) is 6.61. The maximum absolute atomic E-state index is 12.6. The molecule has 0 atom stereocenters. The van der Waals surface area contributed by atoms with Crippen LogP contribution in [0.2, 0.25) is 0 Å². The van der Waals surface area contributed by atoms with Crippen LogP contribution in [0.15, 0.2) is 0 Å². The van der Waals surface area contributed by atoms with Crippen LogP contribution in [0.5, 0.6) is 0 Å². The Bertz CT molecular complexity index is 512. The number of rotatable bonds is 4. The molecule has 9 heteroatoms. The van der Waals surface area contributed by atoms with Gasteiger partial charge in [0, 0.05) is 7.05 Å². The topological polar surface area (TPSA) is 66.3 Å². The molecule has 0 saturated heterocycles. The van der Waals surface area contributed by atoms with E-state index in [1.165, 1.54) is 0 Å². The highest BCUT2D eigenvalue weighted by Gasteiger charge is 2.41. The number of hydrogen-bond acceptors (Lipinski definition) is 5. The van der Waals surface area contributed by atoms with E-state index in [-0.39, 0.29) is 11.6 Å². The SMILES string of the molecule is CN(c1nnc(C(F)(F)F)s1)C1(CC(=O)O)CCCCC1. The normalized spacial score (nSPS) is 18.5. The van der Waals surface area contributed by atoms with Crippen molar-refractivity contribution in [2.75, 3.05) is 11.9 Å². The van der Waals surface area contributed by atoms with Crippen LogP contribution in [0.25, 0.3) is 0 Å². The van der Waals surface area contributed by atoms with Crippen molar-refractivity contribution < 1.29 is 23.1 Å². The summed E-state index contributed by atoms with van der Waals surface area (Å²) in [6, 6.07) is 0. The van der Waals surface area contributed by atoms with Gasteiger partial charge in [0.05, 0.1) is 12.0 Å². The first-order valence-corrected chi connectivity index (χ1v) is 7.43. The Balaban J connectivity index is 2.27. The molecule has 0 aliphatic heterocycles. The van der Waals surface area contributed by atoms with Crippen LogP contribution >= 0.6 is 11.3 Å². The van der Waals surface area contributed by atoms with Gasteiger partial charge >= 0.3 is 12.1 Å². The van der Waals surface area contributed by atoms with Crippen molar-refractivity contribution in [2.45, 2.75) is 50.2 Å². The lowest BCUT2D eigenvalue weighted by Crippen LogP contribution is -2.49. The van der Waals surface area contributed by atoms with Crippen LogP contribution in [0.1, 0.15) is 43.5 Å². The summed E-state index contributed by atoms with van der Waals surface area (Å²) in [6.45, 7) is 0. The predicted octanol–water partition coefficient (Wildman–Crippen LogP) is 3.17. The number of carboxylic acid groups (broad SMARTS) is 1. The Kier molecular flexibility index (Phi) is 4.40. The molecule has 0 amide bonds. The summed E-state index contributed by atoms with van der Waals surface area (Å²) in [5.41, 5.74) is -0.674. The molecule has 2 rings (SSSR count). The molecule has 1 aliphatic rings. The third-order valence-electron chi connectivity index (χ3n) is 3.92. The summed E-state index contributed by atoms with van der Waals surface area (Å²) in [5, 5.41) is 15.0. The Morgan fingerprint density at radius 3 is 2.43 bits per heavy atom. The second-order valence-corrected chi connectivity index (χ2v) is 6.26. The Morgan fingerprint density at radius 2 is 1.95 bits per heavy atom. The summed E-state index contributed by atoms with van der Waals surface area (Å²) in [6.07, 6.45) is -0.620. The molecule has 1 fully saturated rings. The van der Waals surface area contributed by atoms with Gasteiger partial charge in [-0.05, 0) is 12.8 Å². The zero-order valence-corrected chi connectivity index (χ0v) is 12.3. The van der Waals surface area contributed by atoms with Gasteiger partial charge in [-0.15, -0.1) is 10.2 Å². The number of aromatic nitrogens is 2. The summed E-state index contributed by atoms with van der Waals surface area (Å²) in [5.74, 6) is -0.954. The first-order chi connectivity index (χ1) is 9.74. The molecule has 0 aromatic carbocycles. The van der Waals surface area contributed by atoms with Crippen molar-refractivity contribution in [3.8, 4) is 0 Å². The summed E-state index contributed by atoms with van der Waals surface area (Å²) >= 11 is 0.453. The van der Waals surface area contributed by atoms with Crippen LogP contribution in [-0.2, 0) is 11.0 Å². The fraction of sp³-hybridized carbons (Fsp3) is 0.750. The molecule has 0 radical (unpaired) electrons. The maximum Gasteiger partial charge on any atom is 0.445 e. The van der Waals surface area contributed by atoms with Crippen LogP contribution in [-0.4, -0.2) is 33.9 Å². The minimum Gasteiger partial charge on any atom is -0.481 e. The van der Waals surface area contributed by atoms with Gasteiger partial charge in [-0.1, -0.05) is 30.6 Å². The molecule has 0 spiro atoms. The largest absolute Gasteiger partial charge is 0.481 e. The molecule has 1 saturated carbocycles. The molecule has 5 nitrogen and oxygen atoms in total. The van der Waals surface area contributed by atoms with Gasteiger partial charge in [0.25, 0.3) is 0 Å². The number of nitrogens with zero attached hydrogens (tertiary/aromatic N) is 3. The highest BCUT2D eigenvalue weighted by Crippen LogP contribution is 2.41. The number of hydrogen-bond donors (Lipinski definition) is 1. The first kappa shape index (κ1) is 16.0. The van der Waals surface area contributed by atoms with Crippen LogP contribution in [0.4, 0.5) is 18.3 Å². The Labute approximate surface area is 123 Å². The van der Waals surface area contributed by atoms with Crippen molar-refractivity contribution in [3.05, 3.63) is 5.01 Å². The van der Waals surface area contributed by atoms with E-state index in [0.29, 0.717) is 24.2 Å². The van der Waals surface area contributed by atoms with Crippen molar-refractivity contribution >= 4 is 22.4 Å². The lowest BCUT2D eigenvalue weighted by atomic mass is 9.78. The summed E-state index contributed by atoms with van der Waals surface area (Å²) in [7, 11) is 1.61. The molecule has 0 bridgehead atoms. The van der Waals surface area contributed by atoms with E-state index in [1.54, 1.807) is 11.9 Å². The van der Waals surface area contributed by atoms with Crippen molar-refractivity contribution in [1.29, 1.82) is 0 Å². The second kappa shape index (κ2) is 5.78. The molecule has 1 aromatic rings. The fourth-order valence-corrected chi connectivity index (χ4v) is 3.57. The third-order valence-corrected chi connectivity index (χ3v) is 4.96. The fourth-order valence-electron chi connectivity index (χ4n) is 2.79. The number of alkyl halides is 3. The smallest absolute Gasteiger partial charge is 0.445 e. The molecule has 1 aliphatic carbocycles. The number of halogens is 3. The minimum atomic E-state index is -4.52. The van der Waals surface area contributed by atoms with E-state index in [0.717, 1.165) is 19.3 Å². The number of aliphatic carboxylic acids is 1. The average Bonchev–Trinajstić information content (AvgIpc) is 2.87. The van der Waals surface area contributed by atoms with E-state index in [1.807, 2.05) is 0 Å². The number of anilines is 1. The zero-order valence-electron chi connectivity index (χ0n) is 11.5. The van der Waals surface area contributed by atoms with Gasteiger partial charge in [-0.25, -0.2) is 0 Å². The van der Waals surface area contributed by atoms with Gasteiger partial charge in [0.15, 0.2) is 0 Å². The molecule has 21 heavy (non-hydrogen) atoms. The van der Waals surface area contributed by atoms with Gasteiger partial charge < -0.3 is 10.0 Å². The van der Waals surface area contributed by atoms with E-state index in [9.17, 15) is 18.0 Å². The Hall–Kier alpha value is -1.38. The highest BCUT2D eigenvalue weighted by molar-refractivity contribution is 7.15. The molecular weight excluding hydrogens is 307 g/mol. The Morgan fingerprint density at radius 1 is 1.33 bits per heavy atom. The summed E-state index contributed by atoms with van der Waals surface area (Å²) < 4.78 is 37.8. The van der Waals surface area contributed by atoms with E-state index >= 15 is 0 Å². The molecule has 118 valence electrons. The third kappa shape index (κ3) is 3.45. The lowest BCUT2D eigenvalue weighted by Gasteiger charge is -2.43. The summed E-state index contributed by atoms with van der Waals surface area (Å²) in [4.78, 5) is 12.7. The van der Waals surface area contributed by atoms with Gasteiger partial charge in [-0.3, -0.25) is 4.79 Å². The molecule has 1 aromatic heterocycles. The molecule has 1 heterocycles. The monoisotopic (exact) mass is 323 g/mol. The number of carbonyl (C=O) groups is 1. The average molecular weight is 323 g/mol.